The first-order valence-electron chi connectivity index (χ1n) is 6.74. The molecule has 0 aliphatic heterocycles. The molecule has 5 heteroatoms. The predicted octanol–water partition coefficient (Wildman–Crippen LogP) is 1.48. The van der Waals surface area contributed by atoms with E-state index in [9.17, 15) is 9.59 Å². The summed E-state index contributed by atoms with van der Waals surface area (Å²) < 4.78 is 0. The molecule has 0 aliphatic rings. The van der Waals surface area contributed by atoms with Crippen LogP contribution in [0.15, 0.2) is 0 Å². The highest BCUT2D eigenvalue weighted by Crippen LogP contribution is 2.01. The summed E-state index contributed by atoms with van der Waals surface area (Å²) in [4.78, 5) is 23.5. The third-order valence-electron chi connectivity index (χ3n) is 2.74. The summed E-state index contributed by atoms with van der Waals surface area (Å²) in [6, 6.07) is 0. The van der Waals surface area contributed by atoms with Crippen molar-refractivity contribution in [1.29, 1.82) is 0 Å². The fourth-order valence-electron chi connectivity index (χ4n) is 1.74. The average molecular weight is 258 g/mol. The molecule has 18 heavy (non-hydrogen) atoms. The number of hydrogen-bond donors (Lipinski definition) is 2. The third kappa shape index (κ3) is 11.4. The molecule has 0 aromatic rings. The van der Waals surface area contributed by atoms with E-state index < -0.39 is 5.97 Å². The summed E-state index contributed by atoms with van der Waals surface area (Å²) in [6.45, 7) is 6.70. The van der Waals surface area contributed by atoms with Crippen molar-refractivity contribution >= 4 is 11.9 Å². The molecule has 0 saturated heterocycles. The number of carbonyl (C=O) groups is 2. The molecule has 0 bridgehead atoms. The van der Waals surface area contributed by atoms with Crippen LogP contribution in [0.3, 0.4) is 0 Å². The Balaban J connectivity index is 3.80. The minimum Gasteiger partial charge on any atom is -0.481 e. The molecule has 0 atom stereocenters. The number of nitrogens with zero attached hydrogens (tertiary/aromatic N) is 1. The van der Waals surface area contributed by atoms with E-state index in [1.54, 1.807) is 0 Å². The van der Waals surface area contributed by atoms with Gasteiger partial charge in [-0.05, 0) is 25.9 Å². The van der Waals surface area contributed by atoms with Crippen LogP contribution in [-0.2, 0) is 9.59 Å². The molecule has 0 radical (unpaired) electrons. The molecular formula is C13H26N2O3. The SMILES string of the molecule is CCCCCN(CCCNC(C)=O)CCC(=O)O. The largest absolute Gasteiger partial charge is 0.481 e. The van der Waals surface area contributed by atoms with Gasteiger partial charge in [0.15, 0.2) is 0 Å². The maximum Gasteiger partial charge on any atom is 0.304 e. The normalized spacial score (nSPS) is 10.6. The van der Waals surface area contributed by atoms with E-state index in [-0.39, 0.29) is 12.3 Å². The third-order valence-corrected chi connectivity index (χ3v) is 2.74. The van der Waals surface area contributed by atoms with Gasteiger partial charge >= 0.3 is 5.97 Å². The lowest BCUT2D eigenvalue weighted by Crippen LogP contribution is -2.31. The molecule has 0 aromatic carbocycles. The molecule has 0 saturated carbocycles. The number of nitrogens with one attached hydrogen (secondary N) is 1. The van der Waals surface area contributed by atoms with Gasteiger partial charge in [-0.15, -0.1) is 0 Å². The maximum absolute atomic E-state index is 10.7. The Kier molecular flexibility index (Phi) is 10.3. The number of unbranched alkanes of at least 4 members (excludes halogenated alkanes) is 2. The van der Waals surface area contributed by atoms with Crippen molar-refractivity contribution < 1.29 is 14.7 Å². The monoisotopic (exact) mass is 258 g/mol. The van der Waals surface area contributed by atoms with E-state index in [1.807, 2.05) is 0 Å². The molecular weight excluding hydrogens is 232 g/mol. The molecule has 0 aliphatic carbocycles. The lowest BCUT2D eigenvalue weighted by Gasteiger charge is -2.21. The first-order valence-corrected chi connectivity index (χ1v) is 6.74. The van der Waals surface area contributed by atoms with E-state index in [0.29, 0.717) is 13.1 Å². The highest BCUT2D eigenvalue weighted by Gasteiger charge is 2.07. The minimum atomic E-state index is -0.752. The zero-order chi connectivity index (χ0) is 13.8. The van der Waals surface area contributed by atoms with Gasteiger partial charge in [0, 0.05) is 20.0 Å². The summed E-state index contributed by atoms with van der Waals surface area (Å²) in [5, 5.41) is 11.4. The number of aliphatic carboxylic acids is 1. The van der Waals surface area contributed by atoms with Gasteiger partial charge in [-0.3, -0.25) is 9.59 Å². The molecule has 0 fully saturated rings. The van der Waals surface area contributed by atoms with Crippen LogP contribution in [0, 0.1) is 0 Å². The number of rotatable bonds is 11. The highest BCUT2D eigenvalue weighted by molar-refractivity contribution is 5.72. The standard InChI is InChI=1S/C13H26N2O3/c1-3-4-5-9-15(11-7-13(17)18)10-6-8-14-12(2)16/h3-11H2,1-2H3,(H,14,16)(H,17,18). The van der Waals surface area contributed by atoms with E-state index in [4.69, 9.17) is 5.11 Å². The second kappa shape index (κ2) is 11.0. The fourth-order valence-corrected chi connectivity index (χ4v) is 1.74. The van der Waals surface area contributed by atoms with Crippen LogP contribution in [0.4, 0.5) is 0 Å². The van der Waals surface area contributed by atoms with Crippen molar-refractivity contribution in [3.05, 3.63) is 0 Å². The van der Waals surface area contributed by atoms with Gasteiger partial charge in [-0.25, -0.2) is 0 Å². The molecule has 1 amide bonds. The first-order chi connectivity index (χ1) is 8.56. The Morgan fingerprint density at radius 3 is 2.33 bits per heavy atom. The van der Waals surface area contributed by atoms with Crippen LogP contribution in [0.2, 0.25) is 0 Å². The molecule has 2 N–H and O–H groups in total. The molecule has 0 rings (SSSR count). The van der Waals surface area contributed by atoms with Crippen molar-refractivity contribution in [3.8, 4) is 0 Å². The first kappa shape index (κ1) is 16.9. The number of carboxylic acid groups (broad SMARTS) is 1. The zero-order valence-electron chi connectivity index (χ0n) is 11.6. The van der Waals surface area contributed by atoms with Crippen LogP contribution in [0.25, 0.3) is 0 Å². The van der Waals surface area contributed by atoms with Crippen molar-refractivity contribution in [2.75, 3.05) is 26.2 Å². The highest BCUT2D eigenvalue weighted by atomic mass is 16.4. The van der Waals surface area contributed by atoms with Gasteiger partial charge < -0.3 is 15.3 Å². The average Bonchev–Trinajstić information content (AvgIpc) is 2.30. The number of carboxylic acids is 1. The van der Waals surface area contributed by atoms with Crippen molar-refractivity contribution in [3.63, 3.8) is 0 Å². The number of hydrogen-bond acceptors (Lipinski definition) is 3. The Hall–Kier alpha value is -1.10. The Labute approximate surface area is 110 Å². The minimum absolute atomic E-state index is 0.0157. The van der Waals surface area contributed by atoms with Crippen LogP contribution in [0.1, 0.15) is 46.0 Å². The van der Waals surface area contributed by atoms with E-state index in [1.165, 1.54) is 19.8 Å². The second-order valence-electron chi connectivity index (χ2n) is 4.53. The summed E-state index contributed by atoms with van der Waals surface area (Å²) in [5.74, 6) is -0.768. The van der Waals surface area contributed by atoms with Gasteiger partial charge in [-0.1, -0.05) is 19.8 Å². The molecule has 0 unspecified atom stereocenters. The molecule has 0 heterocycles. The van der Waals surface area contributed by atoms with E-state index >= 15 is 0 Å². The van der Waals surface area contributed by atoms with Crippen molar-refractivity contribution in [2.24, 2.45) is 0 Å². The Bertz CT molecular complexity index is 244. The van der Waals surface area contributed by atoms with Crippen LogP contribution >= 0.6 is 0 Å². The Morgan fingerprint density at radius 1 is 1.11 bits per heavy atom. The number of amides is 1. The fraction of sp³-hybridized carbons (Fsp3) is 0.846. The number of carbonyl (C=O) groups excluding carboxylic acids is 1. The quantitative estimate of drug-likeness (QED) is 0.551. The molecule has 5 nitrogen and oxygen atoms in total. The van der Waals surface area contributed by atoms with Gasteiger partial charge in [-0.2, -0.15) is 0 Å². The lowest BCUT2D eigenvalue weighted by atomic mass is 10.2. The van der Waals surface area contributed by atoms with Gasteiger partial charge in [0.2, 0.25) is 5.91 Å². The molecule has 106 valence electrons. The van der Waals surface area contributed by atoms with E-state index in [2.05, 4.69) is 17.1 Å². The lowest BCUT2D eigenvalue weighted by molar-refractivity contribution is -0.137. The van der Waals surface area contributed by atoms with E-state index in [0.717, 1.165) is 25.9 Å². The van der Waals surface area contributed by atoms with Crippen LogP contribution in [0.5, 0.6) is 0 Å². The van der Waals surface area contributed by atoms with Crippen molar-refractivity contribution in [2.45, 2.75) is 46.0 Å². The summed E-state index contributed by atoms with van der Waals surface area (Å²) in [7, 11) is 0. The summed E-state index contributed by atoms with van der Waals surface area (Å²) >= 11 is 0. The molecule has 0 aromatic heterocycles. The van der Waals surface area contributed by atoms with Gasteiger partial charge in [0.25, 0.3) is 0 Å². The summed E-state index contributed by atoms with van der Waals surface area (Å²) in [5.41, 5.74) is 0. The second-order valence-corrected chi connectivity index (χ2v) is 4.53. The molecule has 0 spiro atoms. The topological polar surface area (TPSA) is 69.6 Å². The van der Waals surface area contributed by atoms with Crippen LogP contribution < -0.4 is 5.32 Å². The zero-order valence-corrected chi connectivity index (χ0v) is 11.6. The smallest absolute Gasteiger partial charge is 0.304 e. The maximum atomic E-state index is 10.7. The predicted molar refractivity (Wildman–Crippen MR) is 71.5 cm³/mol. The van der Waals surface area contributed by atoms with Gasteiger partial charge in [0.1, 0.15) is 0 Å². The summed E-state index contributed by atoms with van der Waals surface area (Å²) in [6.07, 6.45) is 4.50. The van der Waals surface area contributed by atoms with Crippen molar-refractivity contribution in [1.82, 2.24) is 10.2 Å². The van der Waals surface area contributed by atoms with Crippen LogP contribution in [-0.4, -0.2) is 48.1 Å². The Morgan fingerprint density at radius 2 is 1.78 bits per heavy atom. The van der Waals surface area contributed by atoms with Gasteiger partial charge in [0.05, 0.1) is 6.42 Å².